The van der Waals surface area contributed by atoms with Crippen molar-refractivity contribution in [2.75, 3.05) is 11.1 Å². The third kappa shape index (κ3) is 4.32. The molecule has 2 rings (SSSR count). The van der Waals surface area contributed by atoms with Crippen LogP contribution in [0.5, 0.6) is 0 Å². The van der Waals surface area contributed by atoms with Crippen molar-refractivity contribution in [3.05, 3.63) is 23.2 Å². The molecule has 1 aromatic rings. The molecule has 8 heteroatoms. The zero-order valence-corrected chi connectivity index (χ0v) is 13.1. The van der Waals surface area contributed by atoms with Crippen LogP contribution in [-0.4, -0.2) is 36.0 Å². The number of carbonyl (C=O) groups is 1. The van der Waals surface area contributed by atoms with E-state index in [2.05, 4.69) is 29.6 Å². The highest BCUT2D eigenvalue weighted by Crippen LogP contribution is 2.13. The summed E-state index contributed by atoms with van der Waals surface area (Å²) in [7, 11) is -3.17. The molecule has 1 aliphatic rings. The molecule has 2 N–H and O–H groups in total. The van der Waals surface area contributed by atoms with E-state index in [-0.39, 0.29) is 5.75 Å². The minimum atomic E-state index is -3.17. The molecular weight excluding hydrogens is 292 g/mol. The van der Waals surface area contributed by atoms with Gasteiger partial charge in [0.05, 0.1) is 17.5 Å². The van der Waals surface area contributed by atoms with E-state index in [4.69, 9.17) is 0 Å². The quantitative estimate of drug-likeness (QED) is 0.876. The number of hydrogen-bond acceptors (Lipinski definition) is 4. The monoisotopic (exact) mass is 312 g/mol. The highest BCUT2D eigenvalue weighted by molar-refractivity contribution is 7.94. The molecule has 1 atom stereocenters. The van der Waals surface area contributed by atoms with E-state index in [0.717, 1.165) is 11.1 Å². The second-order valence-electron chi connectivity index (χ2n) is 5.61. The molecule has 1 aliphatic heterocycles. The molecule has 0 fully saturated rings. The third-order valence-electron chi connectivity index (χ3n) is 2.93. The maximum atomic E-state index is 11.9. The van der Waals surface area contributed by atoms with Crippen LogP contribution in [0.15, 0.2) is 17.6 Å². The lowest BCUT2D eigenvalue weighted by atomic mass is 10.2. The average molecular weight is 312 g/mol. The number of carbonyl (C=O) groups excluding carboxylic acids is 1. The van der Waals surface area contributed by atoms with Gasteiger partial charge in [0.2, 0.25) is 0 Å². The van der Waals surface area contributed by atoms with Gasteiger partial charge in [-0.15, -0.1) is 0 Å². The van der Waals surface area contributed by atoms with Gasteiger partial charge in [-0.25, -0.2) is 17.9 Å². The van der Waals surface area contributed by atoms with Gasteiger partial charge < -0.3 is 5.32 Å². The number of nitrogens with zero attached hydrogens (tertiary/aromatic N) is 2. The van der Waals surface area contributed by atoms with Gasteiger partial charge in [0.25, 0.3) is 0 Å². The van der Waals surface area contributed by atoms with Crippen LogP contribution in [0.3, 0.4) is 0 Å². The molecule has 2 amide bonds. The van der Waals surface area contributed by atoms with E-state index in [1.54, 1.807) is 10.7 Å². The summed E-state index contributed by atoms with van der Waals surface area (Å²) in [4.78, 5) is 11.9. The van der Waals surface area contributed by atoms with Crippen LogP contribution in [0.2, 0.25) is 0 Å². The van der Waals surface area contributed by atoms with Crippen molar-refractivity contribution < 1.29 is 13.2 Å². The fraction of sp³-hybridized carbons (Fsp3) is 0.538. The Morgan fingerprint density at radius 3 is 2.81 bits per heavy atom. The lowest BCUT2D eigenvalue weighted by Crippen LogP contribution is -2.38. The fourth-order valence-corrected chi connectivity index (χ4v) is 3.35. The third-order valence-corrected chi connectivity index (χ3v) is 4.32. The molecule has 1 aromatic heterocycles. The van der Waals surface area contributed by atoms with Crippen LogP contribution < -0.4 is 10.6 Å². The molecule has 2 heterocycles. The normalized spacial score (nSPS) is 19.9. The molecule has 0 bridgehead atoms. The first-order valence-corrected chi connectivity index (χ1v) is 8.49. The second-order valence-corrected chi connectivity index (χ2v) is 7.54. The molecule has 0 saturated heterocycles. The standard InChI is InChI=1S/C13H20N4O3S/c1-9(2)7-17-12(6-10(3)16-17)15-13(18)14-11-4-5-21(19,20)8-11/h4-6,9,11H,7-8H2,1-3H3,(H2,14,15,18). The molecule has 0 radical (unpaired) electrons. The summed E-state index contributed by atoms with van der Waals surface area (Å²) in [6.45, 7) is 6.68. The molecule has 116 valence electrons. The summed E-state index contributed by atoms with van der Waals surface area (Å²) < 4.78 is 24.3. The minimum Gasteiger partial charge on any atom is -0.331 e. The smallest absolute Gasteiger partial charge is 0.320 e. The highest BCUT2D eigenvalue weighted by atomic mass is 32.2. The van der Waals surface area contributed by atoms with Crippen LogP contribution in [-0.2, 0) is 16.4 Å². The predicted octanol–water partition coefficient (Wildman–Crippen LogP) is 1.28. The van der Waals surface area contributed by atoms with Gasteiger partial charge in [-0.3, -0.25) is 5.32 Å². The number of hydrogen-bond donors (Lipinski definition) is 2. The summed E-state index contributed by atoms with van der Waals surface area (Å²) >= 11 is 0. The van der Waals surface area contributed by atoms with Gasteiger partial charge >= 0.3 is 6.03 Å². The number of aryl methyl sites for hydroxylation is 1. The fourth-order valence-electron chi connectivity index (χ4n) is 2.12. The molecule has 0 aromatic carbocycles. The number of urea groups is 1. The van der Waals surface area contributed by atoms with Crippen molar-refractivity contribution in [3.63, 3.8) is 0 Å². The largest absolute Gasteiger partial charge is 0.331 e. The van der Waals surface area contributed by atoms with Crippen LogP contribution in [0.1, 0.15) is 19.5 Å². The first-order valence-electron chi connectivity index (χ1n) is 6.78. The molecular formula is C13H20N4O3S. The Morgan fingerprint density at radius 1 is 1.52 bits per heavy atom. The first kappa shape index (κ1) is 15.6. The Morgan fingerprint density at radius 2 is 2.24 bits per heavy atom. The van der Waals surface area contributed by atoms with E-state index in [1.807, 2.05) is 6.92 Å². The van der Waals surface area contributed by atoms with Gasteiger partial charge in [-0.05, 0) is 18.9 Å². The van der Waals surface area contributed by atoms with E-state index < -0.39 is 21.9 Å². The van der Waals surface area contributed by atoms with E-state index in [1.165, 1.54) is 6.08 Å². The Labute approximate surface area is 124 Å². The van der Waals surface area contributed by atoms with Gasteiger partial charge in [0, 0.05) is 18.0 Å². The first-order chi connectivity index (χ1) is 9.75. The van der Waals surface area contributed by atoms with Gasteiger partial charge in [0.15, 0.2) is 9.84 Å². The van der Waals surface area contributed by atoms with Gasteiger partial charge in [-0.2, -0.15) is 5.10 Å². The Bertz CT molecular complexity index is 661. The van der Waals surface area contributed by atoms with Gasteiger partial charge in [0.1, 0.15) is 5.82 Å². The van der Waals surface area contributed by atoms with E-state index >= 15 is 0 Å². The van der Waals surface area contributed by atoms with Crippen molar-refractivity contribution in [2.24, 2.45) is 5.92 Å². The maximum absolute atomic E-state index is 11.9. The van der Waals surface area contributed by atoms with Crippen LogP contribution in [0.4, 0.5) is 10.6 Å². The molecule has 0 saturated carbocycles. The van der Waals surface area contributed by atoms with E-state index in [9.17, 15) is 13.2 Å². The number of aromatic nitrogens is 2. The zero-order chi connectivity index (χ0) is 15.6. The highest BCUT2D eigenvalue weighted by Gasteiger charge is 2.23. The second kappa shape index (κ2) is 5.88. The van der Waals surface area contributed by atoms with Crippen LogP contribution in [0.25, 0.3) is 0 Å². The van der Waals surface area contributed by atoms with E-state index in [0.29, 0.717) is 18.3 Å². The van der Waals surface area contributed by atoms with Crippen LogP contribution in [0, 0.1) is 12.8 Å². The summed E-state index contributed by atoms with van der Waals surface area (Å²) in [6, 6.07) is 0.854. The molecule has 1 unspecified atom stereocenters. The van der Waals surface area contributed by atoms with Crippen molar-refractivity contribution >= 4 is 21.7 Å². The average Bonchev–Trinajstić information content (AvgIpc) is 2.81. The summed E-state index contributed by atoms with van der Waals surface area (Å²) in [5.41, 5.74) is 0.814. The number of amides is 2. The molecule has 0 aliphatic carbocycles. The number of sulfone groups is 1. The van der Waals surface area contributed by atoms with Crippen molar-refractivity contribution in [3.8, 4) is 0 Å². The van der Waals surface area contributed by atoms with Crippen molar-refractivity contribution in [1.29, 1.82) is 0 Å². The lowest BCUT2D eigenvalue weighted by molar-refractivity contribution is 0.250. The van der Waals surface area contributed by atoms with Crippen LogP contribution >= 0.6 is 0 Å². The molecule has 7 nitrogen and oxygen atoms in total. The number of nitrogens with one attached hydrogen (secondary N) is 2. The summed E-state index contributed by atoms with van der Waals surface area (Å²) in [5, 5.41) is 10.8. The van der Waals surface area contributed by atoms with Crippen molar-refractivity contribution in [2.45, 2.75) is 33.4 Å². The SMILES string of the molecule is Cc1cc(NC(=O)NC2C=CS(=O)(=O)C2)n(CC(C)C)n1. The Kier molecular flexibility index (Phi) is 4.36. The Balaban J connectivity index is 1.98. The zero-order valence-electron chi connectivity index (χ0n) is 12.3. The van der Waals surface area contributed by atoms with Crippen molar-refractivity contribution in [1.82, 2.24) is 15.1 Å². The summed E-state index contributed by atoms with van der Waals surface area (Å²) in [5.74, 6) is 0.907. The molecule has 0 spiro atoms. The van der Waals surface area contributed by atoms with Gasteiger partial charge in [-0.1, -0.05) is 13.8 Å². The number of rotatable bonds is 4. The molecule has 21 heavy (non-hydrogen) atoms. The maximum Gasteiger partial charge on any atom is 0.320 e. The predicted molar refractivity (Wildman–Crippen MR) is 80.7 cm³/mol. The Hall–Kier alpha value is -1.83. The summed E-state index contributed by atoms with van der Waals surface area (Å²) in [6.07, 6.45) is 1.48. The lowest BCUT2D eigenvalue weighted by Gasteiger charge is -2.13. The minimum absolute atomic E-state index is 0.0926. The number of anilines is 1. The topological polar surface area (TPSA) is 93.1 Å².